The fourth-order valence-electron chi connectivity index (χ4n) is 3.22. The van der Waals surface area contributed by atoms with E-state index in [0.29, 0.717) is 34.8 Å². The monoisotopic (exact) mass is 399 g/mol. The summed E-state index contributed by atoms with van der Waals surface area (Å²) in [5, 5.41) is 6.01. The lowest BCUT2D eigenvalue weighted by Crippen LogP contribution is -2.31. The number of hydrogen-bond acceptors (Lipinski definition) is 3. The van der Waals surface area contributed by atoms with Crippen molar-refractivity contribution in [2.75, 3.05) is 16.8 Å². The Morgan fingerprint density at radius 3 is 2.50 bits per heavy atom. The van der Waals surface area contributed by atoms with Crippen LogP contribution in [-0.4, -0.2) is 30.3 Å². The molecule has 28 heavy (non-hydrogen) atoms. The highest BCUT2D eigenvalue weighted by atomic mass is 35.5. The third kappa shape index (κ3) is 4.17. The number of nitrogens with zero attached hydrogens (tertiary/aromatic N) is 1. The molecule has 1 aliphatic heterocycles. The van der Waals surface area contributed by atoms with Gasteiger partial charge in [0.15, 0.2) is 0 Å². The van der Waals surface area contributed by atoms with Gasteiger partial charge in [0.25, 0.3) is 11.8 Å². The molecule has 146 valence electrons. The first-order chi connectivity index (χ1) is 13.3. The summed E-state index contributed by atoms with van der Waals surface area (Å²) in [7, 11) is 0. The maximum Gasteiger partial charge on any atom is 0.255 e. The summed E-state index contributed by atoms with van der Waals surface area (Å²) in [5.74, 6) is -0.645. The van der Waals surface area contributed by atoms with Crippen molar-refractivity contribution in [3.63, 3.8) is 0 Å². The molecule has 3 rings (SSSR count). The van der Waals surface area contributed by atoms with E-state index in [1.165, 1.54) is 6.92 Å². The van der Waals surface area contributed by atoms with E-state index < -0.39 is 0 Å². The molecule has 1 aliphatic rings. The van der Waals surface area contributed by atoms with Crippen molar-refractivity contribution in [2.45, 2.75) is 33.2 Å². The molecule has 0 atom stereocenters. The highest BCUT2D eigenvalue weighted by Gasteiger charge is 2.23. The number of benzene rings is 2. The van der Waals surface area contributed by atoms with Gasteiger partial charge in [-0.15, -0.1) is 0 Å². The molecule has 6 nitrogen and oxygen atoms in total. The number of amides is 3. The molecule has 0 fully saturated rings. The SMILES string of the molecule is CC(=O)N1CCc2cc(C(=O)Nc3cc(Cl)ccc3C(=O)NC(C)C)ccc21. The summed E-state index contributed by atoms with van der Waals surface area (Å²) >= 11 is 6.06. The summed E-state index contributed by atoms with van der Waals surface area (Å²) in [6, 6.07) is 9.96. The Morgan fingerprint density at radius 1 is 1.07 bits per heavy atom. The predicted molar refractivity (Wildman–Crippen MR) is 110 cm³/mol. The Kier molecular flexibility index (Phi) is 5.70. The van der Waals surface area contributed by atoms with E-state index in [1.807, 2.05) is 13.8 Å². The van der Waals surface area contributed by atoms with Crippen LogP contribution in [0.5, 0.6) is 0 Å². The quantitative estimate of drug-likeness (QED) is 0.823. The summed E-state index contributed by atoms with van der Waals surface area (Å²) in [6.07, 6.45) is 0.704. The second kappa shape index (κ2) is 8.02. The van der Waals surface area contributed by atoms with Crippen LogP contribution in [0.25, 0.3) is 0 Å². The molecule has 7 heteroatoms. The van der Waals surface area contributed by atoms with E-state index >= 15 is 0 Å². The van der Waals surface area contributed by atoms with Gasteiger partial charge in [-0.2, -0.15) is 0 Å². The highest BCUT2D eigenvalue weighted by Crippen LogP contribution is 2.29. The van der Waals surface area contributed by atoms with E-state index in [9.17, 15) is 14.4 Å². The van der Waals surface area contributed by atoms with E-state index in [4.69, 9.17) is 11.6 Å². The van der Waals surface area contributed by atoms with Crippen molar-refractivity contribution >= 4 is 40.7 Å². The number of anilines is 2. The molecular formula is C21H22ClN3O3. The molecular weight excluding hydrogens is 378 g/mol. The fraction of sp³-hybridized carbons (Fsp3) is 0.286. The summed E-state index contributed by atoms with van der Waals surface area (Å²) in [4.78, 5) is 38.6. The van der Waals surface area contributed by atoms with Gasteiger partial charge in [-0.05, 0) is 62.2 Å². The molecule has 0 aliphatic carbocycles. The lowest BCUT2D eigenvalue weighted by molar-refractivity contribution is -0.116. The predicted octanol–water partition coefficient (Wildman–Crippen LogP) is 3.64. The van der Waals surface area contributed by atoms with Crippen molar-refractivity contribution in [3.05, 3.63) is 58.1 Å². The van der Waals surface area contributed by atoms with Crippen LogP contribution in [-0.2, 0) is 11.2 Å². The molecule has 2 aromatic carbocycles. The van der Waals surface area contributed by atoms with Crippen molar-refractivity contribution in [1.29, 1.82) is 0 Å². The van der Waals surface area contributed by atoms with Gasteiger partial charge in [0.1, 0.15) is 0 Å². The summed E-state index contributed by atoms with van der Waals surface area (Å²) in [5.41, 5.74) is 2.94. The first kappa shape index (κ1) is 19.9. The standard InChI is InChI=1S/C21H22ClN3O3/c1-12(2)23-21(28)17-6-5-16(22)11-18(17)24-20(27)15-4-7-19-14(10-15)8-9-25(19)13(3)26/h4-7,10-12H,8-9H2,1-3H3,(H,23,28)(H,24,27). The number of fused-ring (bicyclic) bond motifs is 1. The Hall–Kier alpha value is -2.86. The lowest BCUT2D eigenvalue weighted by atomic mass is 10.1. The Balaban J connectivity index is 1.85. The number of rotatable bonds is 4. The molecule has 0 saturated heterocycles. The topological polar surface area (TPSA) is 78.5 Å². The minimum atomic E-state index is -0.343. The number of carbonyl (C=O) groups excluding carboxylic acids is 3. The normalized spacial score (nSPS) is 12.7. The maximum absolute atomic E-state index is 12.8. The van der Waals surface area contributed by atoms with Crippen LogP contribution in [0, 0.1) is 0 Å². The second-order valence-corrected chi connectivity index (χ2v) is 7.47. The third-order valence-corrected chi connectivity index (χ3v) is 4.75. The zero-order valence-corrected chi connectivity index (χ0v) is 16.8. The Bertz CT molecular complexity index is 956. The van der Waals surface area contributed by atoms with E-state index in [-0.39, 0.29) is 23.8 Å². The van der Waals surface area contributed by atoms with Crippen LogP contribution >= 0.6 is 11.6 Å². The van der Waals surface area contributed by atoms with E-state index in [1.54, 1.807) is 41.3 Å². The molecule has 1 heterocycles. The molecule has 0 radical (unpaired) electrons. The summed E-state index contributed by atoms with van der Waals surface area (Å²) < 4.78 is 0. The van der Waals surface area contributed by atoms with Crippen LogP contribution in [0.2, 0.25) is 5.02 Å². The minimum absolute atomic E-state index is 0.0179. The first-order valence-electron chi connectivity index (χ1n) is 9.09. The average molecular weight is 400 g/mol. The van der Waals surface area contributed by atoms with Crippen molar-refractivity contribution in [3.8, 4) is 0 Å². The molecule has 0 unspecified atom stereocenters. The van der Waals surface area contributed by atoms with Crippen LogP contribution in [0.1, 0.15) is 47.1 Å². The number of carbonyl (C=O) groups is 3. The Morgan fingerprint density at radius 2 is 1.82 bits per heavy atom. The van der Waals surface area contributed by atoms with E-state index in [2.05, 4.69) is 10.6 Å². The van der Waals surface area contributed by atoms with Crippen LogP contribution in [0.15, 0.2) is 36.4 Å². The summed E-state index contributed by atoms with van der Waals surface area (Å²) in [6.45, 7) is 5.87. The molecule has 0 spiro atoms. The van der Waals surface area contributed by atoms with E-state index in [0.717, 1.165) is 11.3 Å². The number of halogens is 1. The fourth-order valence-corrected chi connectivity index (χ4v) is 3.39. The zero-order chi connectivity index (χ0) is 20.4. The first-order valence-corrected chi connectivity index (χ1v) is 9.47. The van der Waals surface area contributed by atoms with Crippen LogP contribution < -0.4 is 15.5 Å². The van der Waals surface area contributed by atoms with Crippen LogP contribution in [0.3, 0.4) is 0 Å². The van der Waals surface area contributed by atoms with Gasteiger partial charge in [0, 0.05) is 35.8 Å². The molecule has 0 saturated carbocycles. The molecule has 2 N–H and O–H groups in total. The van der Waals surface area contributed by atoms with Gasteiger partial charge in [-0.25, -0.2) is 0 Å². The minimum Gasteiger partial charge on any atom is -0.350 e. The molecule has 2 aromatic rings. The van der Waals surface area contributed by atoms with Gasteiger partial charge < -0.3 is 15.5 Å². The molecule has 0 bridgehead atoms. The lowest BCUT2D eigenvalue weighted by Gasteiger charge is -2.15. The number of nitrogens with one attached hydrogen (secondary N) is 2. The zero-order valence-electron chi connectivity index (χ0n) is 16.0. The van der Waals surface area contributed by atoms with Crippen molar-refractivity contribution < 1.29 is 14.4 Å². The average Bonchev–Trinajstić information content (AvgIpc) is 3.04. The van der Waals surface area contributed by atoms with Crippen LogP contribution in [0.4, 0.5) is 11.4 Å². The van der Waals surface area contributed by atoms with Crippen molar-refractivity contribution in [2.24, 2.45) is 0 Å². The van der Waals surface area contributed by atoms with Gasteiger partial charge in [0.05, 0.1) is 11.3 Å². The van der Waals surface area contributed by atoms with Gasteiger partial charge in [-0.3, -0.25) is 14.4 Å². The number of hydrogen-bond donors (Lipinski definition) is 2. The van der Waals surface area contributed by atoms with Gasteiger partial charge in [0.2, 0.25) is 5.91 Å². The molecule has 0 aromatic heterocycles. The Labute approximate surface area is 168 Å². The molecule has 3 amide bonds. The van der Waals surface area contributed by atoms with Gasteiger partial charge >= 0.3 is 0 Å². The largest absolute Gasteiger partial charge is 0.350 e. The second-order valence-electron chi connectivity index (χ2n) is 7.04. The van der Waals surface area contributed by atoms with Gasteiger partial charge in [-0.1, -0.05) is 11.6 Å². The smallest absolute Gasteiger partial charge is 0.255 e. The highest BCUT2D eigenvalue weighted by molar-refractivity contribution is 6.31. The third-order valence-electron chi connectivity index (χ3n) is 4.51. The van der Waals surface area contributed by atoms with Crippen molar-refractivity contribution in [1.82, 2.24) is 5.32 Å². The maximum atomic E-state index is 12.8.